The van der Waals surface area contributed by atoms with E-state index in [4.69, 9.17) is 22.1 Å². The molecule has 2 atom stereocenters. The van der Waals surface area contributed by atoms with Crippen molar-refractivity contribution in [2.24, 2.45) is 11.7 Å². The van der Waals surface area contributed by atoms with Crippen LogP contribution in [0.25, 0.3) is 0 Å². The molecule has 0 saturated heterocycles. The summed E-state index contributed by atoms with van der Waals surface area (Å²) in [7, 11) is 0. The third-order valence-electron chi connectivity index (χ3n) is 3.82. The molecule has 4 nitrogen and oxygen atoms in total. The number of halogens is 2. The van der Waals surface area contributed by atoms with Crippen LogP contribution in [0.4, 0.5) is 0 Å². The van der Waals surface area contributed by atoms with Gasteiger partial charge in [-0.1, -0.05) is 23.7 Å². The zero-order valence-corrected chi connectivity index (χ0v) is 13.8. The van der Waals surface area contributed by atoms with Gasteiger partial charge in [-0.3, -0.25) is 4.79 Å². The highest BCUT2D eigenvalue weighted by molar-refractivity contribution is 6.32. The minimum absolute atomic E-state index is 0. The normalized spacial score (nSPS) is 18.1. The number of benzene rings is 1. The minimum Gasteiger partial charge on any atom is -0.479 e. The summed E-state index contributed by atoms with van der Waals surface area (Å²) in [5, 5.41) is 3.51. The summed E-state index contributed by atoms with van der Waals surface area (Å²) in [6.07, 6.45) is 1.63. The summed E-state index contributed by atoms with van der Waals surface area (Å²) in [6.45, 7) is 4.13. The fourth-order valence-corrected chi connectivity index (χ4v) is 2.39. The Balaban J connectivity index is 0.00000220. The van der Waals surface area contributed by atoms with Crippen LogP contribution in [0.15, 0.2) is 24.3 Å². The fourth-order valence-electron chi connectivity index (χ4n) is 2.21. The SMILES string of the molecule is CC(Oc1ccccc1Cl)C(=O)NC(C)(CN)C1CC1.Cl. The van der Waals surface area contributed by atoms with Gasteiger partial charge in [0.1, 0.15) is 5.75 Å². The zero-order valence-electron chi connectivity index (χ0n) is 12.3. The molecule has 1 saturated carbocycles. The zero-order chi connectivity index (χ0) is 14.8. The van der Waals surface area contributed by atoms with Gasteiger partial charge in [0.2, 0.25) is 0 Å². The number of amides is 1. The molecule has 0 spiro atoms. The largest absolute Gasteiger partial charge is 0.479 e. The van der Waals surface area contributed by atoms with E-state index in [1.165, 1.54) is 0 Å². The second-order valence-corrected chi connectivity index (χ2v) is 5.98. The van der Waals surface area contributed by atoms with Gasteiger partial charge < -0.3 is 15.8 Å². The highest BCUT2D eigenvalue weighted by Crippen LogP contribution is 2.39. The van der Waals surface area contributed by atoms with E-state index < -0.39 is 6.10 Å². The number of hydrogen-bond donors (Lipinski definition) is 2. The molecule has 6 heteroatoms. The summed E-state index contributed by atoms with van der Waals surface area (Å²) >= 11 is 6.02. The average Bonchev–Trinajstić information content (AvgIpc) is 3.26. The molecule has 0 radical (unpaired) electrons. The smallest absolute Gasteiger partial charge is 0.261 e. The van der Waals surface area contributed by atoms with Crippen LogP contribution in [0.3, 0.4) is 0 Å². The first-order valence-electron chi connectivity index (χ1n) is 6.89. The Morgan fingerprint density at radius 1 is 1.52 bits per heavy atom. The molecule has 21 heavy (non-hydrogen) atoms. The predicted octanol–water partition coefficient (Wildman–Crippen LogP) is 2.77. The molecular formula is C15H22Cl2N2O2. The summed E-state index contributed by atoms with van der Waals surface area (Å²) in [6, 6.07) is 7.11. The Bertz CT molecular complexity index is 494. The summed E-state index contributed by atoms with van der Waals surface area (Å²) in [5.74, 6) is 0.825. The van der Waals surface area contributed by atoms with Crippen molar-refractivity contribution in [1.82, 2.24) is 5.32 Å². The van der Waals surface area contributed by atoms with Gasteiger partial charge in [0.05, 0.1) is 10.6 Å². The van der Waals surface area contributed by atoms with Crippen LogP contribution in [0.5, 0.6) is 5.75 Å². The number of ether oxygens (including phenoxy) is 1. The van der Waals surface area contributed by atoms with E-state index in [0.717, 1.165) is 12.8 Å². The molecule has 1 amide bonds. The Morgan fingerprint density at radius 3 is 2.67 bits per heavy atom. The second kappa shape index (κ2) is 7.34. The minimum atomic E-state index is -0.612. The van der Waals surface area contributed by atoms with Gasteiger partial charge in [-0.15, -0.1) is 12.4 Å². The molecule has 0 bridgehead atoms. The number of rotatable bonds is 6. The highest BCUT2D eigenvalue weighted by atomic mass is 35.5. The van der Waals surface area contributed by atoms with E-state index in [2.05, 4.69) is 5.32 Å². The van der Waals surface area contributed by atoms with Gasteiger partial charge in [-0.05, 0) is 44.7 Å². The van der Waals surface area contributed by atoms with Gasteiger partial charge in [0.25, 0.3) is 5.91 Å². The molecule has 0 aliphatic heterocycles. The van der Waals surface area contributed by atoms with Gasteiger partial charge in [0, 0.05) is 6.54 Å². The lowest BCUT2D eigenvalue weighted by Crippen LogP contribution is -2.56. The molecule has 1 aromatic rings. The standard InChI is InChI=1S/C15H21ClN2O2.ClH/c1-10(20-13-6-4-3-5-12(13)16)14(19)18-15(2,9-17)11-7-8-11;/h3-6,10-11H,7-9,17H2,1-2H3,(H,18,19);1H. The number of nitrogens with two attached hydrogens (primary N) is 1. The van der Waals surface area contributed by atoms with Crippen molar-refractivity contribution in [3.8, 4) is 5.75 Å². The average molecular weight is 333 g/mol. The van der Waals surface area contributed by atoms with Crippen molar-refractivity contribution >= 4 is 29.9 Å². The monoisotopic (exact) mass is 332 g/mol. The lowest BCUT2D eigenvalue weighted by Gasteiger charge is -2.31. The van der Waals surface area contributed by atoms with Gasteiger partial charge in [-0.25, -0.2) is 0 Å². The van der Waals surface area contributed by atoms with Crippen LogP contribution in [-0.4, -0.2) is 24.1 Å². The van der Waals surface area contributed by atoms with Crippen LogP contribution in [0.1, 0.15) is 26.7 Å². The maximum Gasteiger partial charge on any atom is 0.261 e. The maximum absolute atomic E-state index is 12.2. The molecule has 1 aromatic carbocycles. The molecular weight excluding hydrogens is 311 g/mol. The molecule has 118 valence electrons. The molecule has 3 N–H and O–H groups in total. The fraction of sp³-hybridized carbons (Fsp3) is 0.533. The van der Waals surface area contributed by atoms with E-state index >= 15 is 0 Å². The first-order valence-corrected chi connectivity index (χ1v) is 7.27. The summed E-state index contributed by atoms with van der Waals surface area (Å²) in [5.41, 5.74) is 5.46. The number of carbonyl (C=O) groups excluding carboxylic acids is 1. The van der Waals surface area contributed by atoms with E-state index in [0.29, 0.717) is 23.2 Å². The molecule has 2 unspecified atom stereocenters. The first-order chi connectivity index (χ1) is 9.46. The Kier molecular flexibility index (Phi) is 6.32. The van der Waals surface area contributed by atoms with Crippen molar-refractivity contribution in [1.29, 1.82) is 0 Å². The number of hydrogen-bond acceptors (Lipinski definition) is 3. The quantitative estimate of drug-likeness (QED) is 0.841. The Morgan fingerprint density at radius 2 is 2.14 bits per heavy atom. The van der Waals surface area contributed by atoms with Crippen molar-refractivity contribution in [2.45, 2.75) is 38.3 Å². The number of carbonyl (C=O) groups is 1. The van der Waals surface area contributed by atoms with Gasteiger partial charge in [0.15, 0.2) is 6.10 Å². The van der Waals surface area contributed by atoms with Gasteiger partial charge >= 0.3 is 0 Å². The summed E-state index contributed by atoms with van der Waals surface area (Å²) in [4.78, 5) is 12.2. The van der Waals surface area contributed by atoms with Crippen molar-refractivity contribution < 1.29 is 9.53 Å². The molecule has 1 aliphatic carbocycles. The predicted molar refractivity (Wildman–Crippen MR) is 87.1 cm³/mol. The third kappa shape index (κ3) is 4.50. The van der Waals surface area contributed by atoms with Crippen LogP contribution >= 0.6 is 24.0 Å². The van der Waals surface area contributed by atoms with Crippen molar-refractivity contribution in [2.75, 3.05) is 6.54 Å². The van der Waals surface area contributed by atoms with E-state index in [-0.39, 0.29) is 23.9 Å². The molecule has 0 aromatic heterocycles. The number of para-hydroxylation sites is 1. The van der Waals surface area contributed by atoms with Crippen LogP contribution < -0.4 is 15.8 Å². The molecule has 1 fully saturated rings. The van der Waals surface area contributed by atoms with Gasteiger partial charge in [-0.2, -0.15) is 0 Å². The van der Waals surface area contributed by atoms with E-state index in [1.54, 1.807) is 19.1 Å². The Hall–Kier alpha value is -0.970. The number of nitrogens with one attached hydrogen (secondary N) is 1. The second-order valence-electron chi connectivity index (χ2n) is 5.58. The maximum atomic E-state index is 12.2. The van der Waals surface area contributed by atoms with E-state index in [1.807, 2.05) is 19.1 Å². The molecule has 2 rings (SSSR count). The van der Waals surface area contributed by atoms with Crippen molar-refractivity contribution in [3.63, 3.8) is 0 Å². The Labute approximate surface area is 136 Å². The first kappa shape index (κ1) is 18.1. The third-order valence-corrected chi connectivity index (χ3v) is 4.13. The molecule has 1 aliphatic rings. The van der Waals surface area contributed by atoms with Crippen LogP contribution in [-0.2, 0) is 4.79 Å². The molecule has 0 heterocycles. The lowest BCUT2D eigenvalue weighted by molar-refractivity contribution is -0.129. The lowest BCUT2D eigenvalue weighted by atomic mass is 9.95. The van der Waals surface area contributed by atoms with Crippen LogP contribution in [0.2, 0.25) is 5.02 Å². The topological polar surface area (TPSA) is 64.3 Å². The summed E-state index contributed by atoms with van der Waals surface area (Å²) < 4.78 is 5.61. The van der Waals surface area contributed by atoms with Crippen LogP contribution in [0, 0.1) is 5.92 Å². The van der Waals surface area contributed by atoms with Crippen molar-refractivity contribution in [3.05, 3.63) is 29.3 Å². The highest BCUT2D eigenvalue weighted by Gasteiger charge is 2.42. The van der Waals surface area contributed by atoms with E-state index in [9.17, 15) is 4.79 Å².